The SMILES string of the molecule is COC(=O)c1sc(C)cc1N.Cl. The summed E-state index contributed by atoms with van der Waals surface area (Å²) in [5, 5.41) is 0. The number of aryl methyl sites for hydroxylation is 1. The van der Waals surface area contributed by atoms with Crippen LogP contribution in [0.15, 0.2) is 6.07 Å². The van der Waals surface area contributed by atoms with Crippen molar-refractivity contribution in [1.29, 1.82) is 0 Å². The molecule has 1 aromatic rings. The van der Waals surface area contributed by atoms with E-state index in [1.807, 2.05) is 6.92 Å². The average Bonchev–Trinajstić information content (AvgIpc) is 2.28. The van der Waals surface area contributed by atoms with Gasteiger partial charge in [0.25, 0.3) is 0 Å². The van der Waals surface area contributed by atoms with E-state index < -0.39 is 0 Å². The molecule has 0 atom stereocenters. The highest BCUT2D eigenvalue weighted by Gasteiger charge is 2.12. The minimum Gasteiger partial charge on any atom is -0.465 e. The Labute approximate surface area is 80.9 Å². The van der Waals surface area contributed by atoms with E-state index in [0.717, 1.165) is 4.88 Å². The van der Waals surface area contributed by atoms with Crippen LogP contribution in [-0.2, 0) is 4.74 Å². The maximum absolute atomic E-state index is 11.0. The molecule has 1 aromatic heterocycles. The summed E-state index contributed by atoms with van der Waals surface area (Å²) in [6.07, 6.45) is 0. The normalized spacial score (nSPS) is 8.83. The molecule has 0 aliphatic rings. The Morgan fingerprint density at radius 1 is 1.67 bits per heavy atom. The molecule has 68 valence electrons. The maximum Gasteiger partial charge on any atom is 0.350 e. The number of halogens is 1. The predicted molar refractivity (Wildman–Crippen MR) is 52.1 cm³/mol. The second-order valence-electron chi connectivity index (χ2n) is 2.13. The van der Waals surface area contributed by atoms with Crippen molar-refractivity contribution in [2.45, 2.75) is 6.92 Å². The van der Waals surface area contributed by atoms with Gasteiger partial charge in [-0.25, -0.2) is 4.79 Å². The largest absolute Gasteiger partial charge is 0.465 e. The highest BCUT2D eigenvalue weighted by atomic mass is 35.5. The zero-order valence-corrected chi connectivity index (χ0v) is 8.42. The molecule has 0 radical (unpaired) electrons. The van der Waals surface area contributed by atoms with Gasteiger partial charge in [-0.15, -0.1) is 23.7 Å². The molecule has 0 aromatic carbocycles. The fourth-order valence-electron chi connectivity index (χ4n) is 0.786. The maximum atomic E-state index is 11.0. The minimum absolute atomic E-state index is 0. The number of thiophene rings is 1. The number of hydrogen-bond acceptors (Lipinski definition) is 4. The van der Waals surface area contributed by atoms with E-state index >= 15 is 0 Å². The Morgan fingerprint density at radius 3 is 2.58 bits per heavy atom. The lowest BCUT2D eigenvalue weighted by molar-refractivity contribution is 0.0607. The number of anilines is 1. The molecule has 12 heavy (non-hydrogen) atoms. The summed E-state index contributed by atoms with van der Waals surface area (Å²) in [6.45, 7) is 1.90. The Balaban J connectivity index is 0.00000121. The molecule has 3 nitrogen and oxygen atoms in total. The van der Waals surface area contributed by atoms with Gasteiger partial charge in [0, 0.05) is 4.88 Å². The molecule has 0 aliphatic heterocycles. The van der Waals surface area contributed by atoms with Crippen LogP contribution >= 0.6 is 23.7 Å². The number of ether oxygens (including phenoxy) is 1. The third-order valence-electron chi connectivity index (χ3n) is 1.25. The molecule has 1 rings (SSSR count). The first kappa shape index (κ1) is 11.3. The number of hydrogen-bond donors (Lipinski definition) is 1. The van der Waals surface area contributed by atoms with E-state index in [4.69, 9.17) is 5.73 Å². The summed E-state index contributed by atoms with van der Waals surface area (Å²) in [4.78, 5) is 12.5. The summed E-state index contributed by atoms with van der Waals surface area (Å²) in [7, 11) is 1.34. The van der Waals surface area contributed by atoms with E-state index in [9.17, 15) is 4.79 Å². The fraction of sp³-hybridized carbons (Fsp3) is 0.286. The average molecular weight is 208 g/mol. The van der Waals surface area contributed by atoms with Gasteiger partial charge in [0.15, 0.2) is 0 Å². The lowest BCUT2D eigenvalue weighted by Crippen LogP contribution is -2.00. The fourth-order valence-corrected chi connectivity index (χ4v) is 1.64. The Hall–Kier alpha value is -0.740. The summed E-state index contributed by atoms with van der Waals surface area (Å²) in [5.41, 5.74) is 6.03. The number of rotatable bonds is 1. The van der Waals surface area contributed by atoms with Crippen molar-refractivity contribution in [1.82, 2.24) is 0 Å². The highest BCUT2D eigenvalue weighted by molar-refractivity contribution is 7.14. The Bertz CT molecular complexity index is 285. The lowest BCUT2D eigenvalue weighted by Gasteiger charge is -1.94. The molecule has 0 aliphatic carbocycles. The van der Waals surface area contributed by atoms with Crippen LogP contribution in [0.1, 0.15) is 14.5 Å². The van der Waals surface area contributed by atoms with E-state index in [-0.39, 0.29) is 18.4 Å². The molecule has 2 N–H and O–H groups in total. The van der Waals surface area contributed by atoms with Gasteiger partial charge >= 0.3 is 5.97 Å². The molecule has 0 spiro atoms. The van der Waals surface area contributed by atoms with Gasteiger partial charge in [0.1, 0.15) is 4.88 Å². The smallest absolute Gasteiger partial charge is 0.350 e. The first-order valence-electron chi connectivity index (χ1n) is 3.09. The van der Waals surface area contributed by atoms with E-state index in [2.05, 4.69) is 4.74 Å². The van der Waals surface area contributed by atoms with Crippen LogP contribution in [0.2, 0.25) is 0 Å². The Kier molecular flexibility index (Phi) is 4.06. The summed E-state index contributed by atoms with van der Waals surface area (Å²) in [5.74, 6) is -0.361. The molecule has 0 fully saturated rings. The molecule has 0 unspecified atom stereocenters. The molecular weight excluding hydrogens is 198 g/mol. The third kappa shape index (κ3) is 2.12. The zero-order chi connectivity index (χ0) is 8.43. The van der Waals surface area contributed by atoms with Crippen LogP contribution in [0.25, 0.3) is 0 Å². The van der Waals surface area contributed by atoms with Crippen LogP contribution < -0.4 is 5.73 Å². The second-order valence-corrected chi connectivity index (χ2v) is 3.39. The van der Waals surface area contributed by atoms with Crippen LogP contribution in [0.4, 0.5) is 5.69 Å². The number of methoxy groups -OCH3 is 1. The monoisotopic (exact) mass is 207 g/mol. The number of nitrogens with two attached hydrogens (primary N) is 1. The number of nitrogen functional groups attached to an aromatic ring is 1. The van der Waals surface area contributed by atoms with Crippen molar-refractivity contribution in [3.05, 3.63) is 15.8 Å². The molecule has 0 amide bonds. The van der Waals surface area contributed by atoms with Crippen LogP contribution in [-0.4, -0.2) is 13.1 Å². The number of esters is 1. The first-order valence-corrected chi connectivity index (χ1v) is 3.91. The Morgan fingerprint density at radius 2 is 2.25 bits per heavy atom. The van der Waals surface area contributed by atoms with Crippen molar-refractivity contribution in [3.8, 4) is 0 Å². The van der Waals surface area contributed by atoms with Gasteiger partial charge in [-0.3, -0.25) is 0 Å². The van der Waals surface area contributed by atoms with Crippen LogP contribution in [0.3, 0.4) is 0 Å². The molecule has 0 saturated heterocycles. The van der Waals surface area contributed by atoms with Gasteiger partial charge in [-0.2, -0.15) is 0 Å². The zero-order valence-electron chi connectivity index (χ0n) is 6.79. The van der Waals surface area contributed by atoms with Gasteiger partial charge in [-0.1, -0.05) is 0 Å². The van der Waals surface area contributed by atoms with E-state index in [1.54, 1.807) is 6.07 Å². The highest BCUT2D eigenvalue weighted by Crippen LogP contribution is 2.24. The minimum atomic E-state index is -0.361. The second kappa shape index (κ2) is 4.33. The molecule has 0 saturated carbocycles. The van der Waals surface area contributed by atoms with Crippen molar-refractivity contribution < 1.29 is 9.53 Å². The molecule has 0 bridgehead atoms. The lowest BCUT2D eigenvalue weighted by atomic mass is 10.4. The van der Waals surface area contributed by atoms with Crippen LogP contribution in [0, 0.1) is 6.92 Å². The molecule has 1 heterocycles. The van der Waals surface area contributed by atoms with Crippen molar-refractivity contribution in [2.75, 3.05) is 12.8 Å². The van der Waals surface area contributed by atoms with Gasteiger partial charge in [0.2, 0.25) is 0 Å². The van der Waals surface area contributed by atoms with Crippen LogP contribution in [0.5, 0.6) is 0 Å². The first-order chi connectivity index (χ1) is 5.15. The predicted octanol–water partition coefficient (Wildman–Crippen LogP) is 1.85. The third-order valence-corrected chi connectivity index (χ3v) is 2.30. The van der Waals surface area contributed by atoms with E-state index in [1.165, 1.54) is 18.4 Å². The van der Waals surface area contributed by atoms with Gasteiger partial charge < -0.3 is 10.5 Å². The molecular formula is C7H10ClNO2S. The van der Waals surface area contributed by atoms with Gasteiger partial charge in [-0.05, 0) is 13.0 Å². The number of carbonyl (C=O) groups is 1. The summed E-state index contributed by atoms with van der Waals surface area (Å²) >= 11 is 1.35. The van der Waals surface area contributed by atoms with Crippen molar-refractivity contribution in [3.63, 3.8) is 0 Å². The van der Waals surface area contributed by atoms with Crippen molar-refractivity contribution >= 4 is 35.4 Å². The topological polar surface area (TPSA) is 52.3 Å². The summed E-state index contributed by atoms with van der Waals surface area (Å²) in [6, 6.07) is 1.76. The van der Waals surface area contributed by atoms with E-state index in [0.29, 0.717) is 10.6 Å². The molecule has 5 heteroatoms. The standard InChI is InChI=1S/C7H9NO2S.ClH/c1-4-3-5(8)6(11-4)7(9)10-2;/h3H,8H2,1-2H3;1H. The number of carbonyl (C=O) groups excluding carboxylic acids is 1. The van der Waals surface area contributed by atoms with Crippen molar-refractivity contribution in [2.24, 2.45) is 0 Å². The quantitative estimate of drug-likeness (QED) is 0.716. The summed E-state index contributed by atoms with van der Waals surface area (Å²) < 4.78 is 4.52. The van der Waals surface area contributed by atoms with Gasteiger partial charge in [0.05, 0.1) is 12.8 Å².